The summed E-state index contributed by atoms with van der Waals surface area (Å²) in [4.78, 5) is 4.29. The highest BCUT2D eigenvalue weighted by molar-refractivity contribution is 6.30. The van der Waals surface area contributed by atoms with E-state index in [1.807, 2.05) is 6.07 Å². The molecule has 3 aliphatic rings. The molecule has 1 aliphatic carbocycles. The molecule has 3 fully saturated rings. The van der Waals surface area contributed by atoms with Crippen LogP contribution in [0, 0.1) is 17.8 Å². The molecule has 4 unspecified atom stereocenters. The van der Waals surface area contributed by atoms with Crippen molar-refractivity contribution in [3.8, 4) is 0 Å². The van der Waals surface area contributed by atoms with Gasteiger partial charge in [0.25, 0.3) is 0 Å². The summed E-state index contributed by atoms with van der Waals surface area (Å²) in [5.41, 5.74) is 1.23. The van der Waals surface area contributed by atoms with Crippen molar-refractivity contribution in [3.05, 3.63) is 29.0 Å². The molecule has 0 aromatic carbocycles. The van der Waals surface area contributed by atoms with Gasteiger partial charge in [-0.3, -0.25) is 0 Å². The molecule has 1 saturated carbocycles. The van der Waals surface area contributed by atoms with Crippen LogP contribution in [0.5, 0.6) is 0 Å². The molecule has 1 aromatic heterocycles. The molecule has 4 heteroatoms. The van der Waals surface area contributed by atoms with E-state index >= 15 is 0 Å². The van der Waals surface area contributed by atoms with Gasteiger partial charge in [0.05, 0.1) is 6.17 Å². The van der Waals surface area contributed by atoms with Gasteiger partial charge in [-0.25, -0.2) is 4.98 Å². The summed E-state index contributed by atoms with van der Waals surface area (Å²) < 4.78 is 0. The summed E-state index contributed by atoms with van der Waals surface area (Å²) in [7, 11) is 0. The summed E-state index contributed by atoms with van der Waals surface area (Å²) >= 11 is 6.36. The van der Waals surface area contributed by atoms with E-state index in [0.717, 1.165) is 18.4 Å². The third-order valence-electron chi connectivity index (χ3n) is 6.18. The Hall–Kier alpha value is -0.640. The van der Waals surface area contributed by atoms with Gasteiger partial charge in [0.15, 0.2) is 0 Å². The van der Waals surface area contributed by atoms with Crippen molar-refractivity contribution in [1.82, 2.24) is 15.6 Å². The fraction of sp³-hybridized carbons (Fsp3) is 0.722. The van der Waals surface area contributed by atoms with Gasteiger partial charge < -0.3 is 10.6 Å². The van der Waals surface area contributed by atoms with Gasteiger partial charge in [-0.15, -0.1) is 0 Å². The molecule has 22 heavy (non-hydrogen) atoms. The zero-order valence-electron chi connectivity index (χ0n) is 13.1. The number of nitrogens with zero attached hydrogens (tertiary/aromatic N) is 1. The number of hydrogen-bond donors (Lipinski definition) is 2. The zero-order valence-corrected chi connectivity index (χ0v) is 13.9. The van der Waals surface area contributed by atoms with Gasteiger partial charge in [-0.1, -0.05) is 49.8 Å². The molecule has 120 valence electrons. The van der Waals surface area contributed by atoms with E-state index in [1.165, 1.54) is 50.6 Å². The zero-order chi connectivity index (χ0) is 14.9. The Morgan fingerprint density at radius 2 is 1.86 bits per heavy atom. The molecule has 0 amide bonds. The predicted octanol–water partition coefficient (Wildman–Crippen LogP) is 3.55. The van der Waals surface area contributed by atoms with Crippen LogP contribution in [0.1, 0.15) is 50.0 Å². The first-order chi connectivity index (χ1) is 10.8. The molecule has 2 saturated heterocycles. The normalized spacial score (nSPS) is 36.2. The number of rotatable bonds is 2. The minimum Gasteiger partial charge on any atom is -0.301 e. The summed E-state index contributed by atoms with van der Waals surface area (Å²) in [6.45, 7) is 2.21. The summed E-state index contributed by atoms with van der Waals surface area (Å²) in [6.07, 6.45) is 10.8. The Labute approximate surface area is 138 Å². The Kier molecular flexibility index (Phi) is 4.38. The van der Waals surface area contributed by atoms with Crippen LogP contribution in [0.3, 0.4) is 0 Å². The topological polar surface area (TPSA) is 37.0 Å². The molecule has 1 aromatic rings. The molecular formula is C18H26ClN3. The van der Waals surface area contributed by atoms with Gasteiger partial charge >= 0.3 is 0 Å². The summed E-state index contributed by atoms with van der Waals surface area (Å²) in [5, 5.41) is 8.12. The van der Waals surface area contributed by atoms with Crippen LogP contribution in [-0.2, 0) is 0 Å². The van der Waals surface area contributed by atoms with E-state index in [9.17, 15) is 0 Å². The van der Waals surface area contributed by atoms with Crippen LogP contribution in [-0.4, -0.2) is 24.2 Å². The lowest BCUT2D eigenvalue weighted by Gasteiger charge is -2.40. The number of halogens is 1. The van der Waals surface area contributed by atoms with Crippen molar-refractivity contribution in [3.63, 3.8) is 0 Å². The van der Waals surface area contributed by atoms with Gasteiger partial charge in [-0.2, -0.15) is 0 Å². The second-order valence-corrected chi connectivity index (χ2v) is 7.70. The lowest BCUT2D eigenvalue weighted by Crippen LogP contribution is -2.50. The number of fused-ring (bicyclic) bond motifs is 1. The van der Waals surface area contributed by atoms with Gasteiger partial charge in [-0.05, 0) is 42.3 Å². The molecule has 0 radical (unpaired) electrons. The van der Waals surface area contributed by atoms with Crippen molar-refractivity contribution < 1.29 is 0 Å². The third-order valence-corrected chi connectivity index (χ3v) is 6.50. The maximum absolute atomic E-state index is 6.36. The van der Waals surface area contributed by atoms with Crippen LogP contribution in [0.15, 0.2) is 18.3 Å². The average Bonchev–Trinajstić information content (AvgIpc) is 2.99. The second kappa shape index (κ2) is 6.46. The van der Waals surface area contributed by atoms with Crippen molar-refractivity contribution >= 4 is 11.6 Å². The number of nitrogens with one attached hydrogen (secondary N) is 2. The molecule has 3 nitrogen and oxygen atoms in total. The van der Waals surface area contributed by atoms with E-state index in [2.05, 4.69) is 21.7 Å². The molecule has 0 spiro atoms. The maximum Gasteiger partial charge on any atom is 0.132 e. The highest BCUT2D eigenvalue weighted by atomic mass is 35.5. The maximum atomic E-state index is 6.36. The SMILES string of the molecule is Clc1ncccc1C1CNC2NCC(C3CCCCC3)CC21. The van der Waals surface area contributed by atoms with Crippen molar-refractivity contribution in [1.29, 1.82) is 0 Å². The number of piperidine rings is 1. The highest BCUT2D eigenvalue weighted by Crippen LogP contribution is 2.43. The lowest BCUT2D eigenvalue weighted by atomic mass is 9.71. The van der Waals surface area contributed by atoms with Gasteiger partial charge in [0.1, 0.15) is 5.15 Å². The predicted molar refractivity (Wildman–Crippen MR) is 90.0 cm³/mol. The van der Waals surface area contributed by atoms with Crippen molar-refractivity contribution in [2.24, 2.45) is 17.8 Å². The molecule has 0 bridgehead atoms. The Morgan fingerprint density at radius 1 is 1.05 bits per heavy atom. The minimum absolute atomic E-state index is 0.459. The Bertz CT molecular complexity index is 515. The number of aromatic nitrogens is 1. The van der Waals surface area contributed by atoms with Crippen molar-refractivity contribution in [2.45, 2.75) is 50.6 Å². The van der Waals surface area contributed by atoms with E-state index in [1.54, 1.807) is 6.20 Å². The fourth-order valence-electron chi connectivity index (χ4n) is 5.00. The van der Waals surface area contributed by atoms with Crippen LogP contribution in [0.4, 0.5) is 0 Å². The minimum atomic E-state index is 0.459. The first-order valence-corrected chi connectivity index (χ1v) is 9.28. The molecule has 2 aliphatic heterocycles. The lowest BCUT2D eigenvalue weighted by molar-refractivity contribution is 0.142. The molecule has 4 rings (SSSR count). The standard InChI is InChI=1S/C18H26ClN3/c19-17-14(7-4-8-20-17)16-11-22-18-15(16)9-13(10-21-18)12-5-2-1-3-6-12/h4,7-8,12-13,15-16,18,21-22H,1-3,5-6,9-11H2. The molecule has 2 N–H and O–H groups in total. The van der Waals surface area contributed by atoms with E-state index in [-0.39, 0.29) is 0 Å². The van der Waals surface area contributed by atoms with Gasteiger partial charge in [0, 0.05) is 18.7 Å². The van der Waals surface area contributed by atoms with Crippen molar-refractivity contribution in [2.75, 3.05) is 13.1 Å². The van der Waals surface area contributed by atoms with E-state index in [4.69, 9.17) is 11.6 Å². The fourth-order valence-corrected chi connectivity index (χ4v) is 5.26. The van der Waals surface area contributed by atoms with E-state index < -0.39 is 0 Å². The van der Waals surface area contributed by atoms with Crippen LogP contribution in [0.2, 0.25) is 5.15 Å². The van der Waals surface area contributed by atoms with Crippen LogP contribution in [0.25, 0.3) is 0 Å². The summed E-state index contributed by atoms with van der Waals surface area (Å²) in [6, 6.07) is 4.18. The van der Waals surface area contributed by atoms with Crippen LogP contribution < -0.4 is 10.6 Å². The Morgan fingerprint density at radius 3 is 2.68 bits per heavy atom. The van der Waals surface area contributed by atoms with Gasteiger partial charge in [0.2, 0.25) is 0 Å². The smallest absolute Gasteiger partial charge is 0.132 e. The average molecular weight is 320 g/mol. The third kappa shape index (κ3) is 2.79. The number of pyridine rings is 1. The number of hydrogen-bond acceptors (Lipinski definition) is 3. The molecule has 3 heterocycles. The Balaban J connectivity index is 1.51. The molecular weight excluding hydrogens is 294 g/mol. The highest BCUT2D eigenvalue weighted by Gasteiger charge is 2.43. The monoisotopic (exact) mass is 319 g/mol. The quantitative estimate of drug-likeness (QED) is 0.818. The van der Waals surface area contributed by atoms with Crippen LogP contribution >= 0.6 is 11.6 Å². The first kappa shape index (κ1) is 14.9. The largest absolute Gasteiger partial charge is 0.301 e. The molecule has 4 atom stereocenters. The summed E-state index contributed by atoms with van der Waals surface area (Å²) in [5.74, 6) is 2.94. The first-order valence-electron chi connectivity index (χ1n) is 8.90. The second-order valence-electron chi connectivity index (χ2n) is 7.34. The van der Waals surface area contributed by atoms with E-state index in [0.29, 0.717) is 23.2 Å².